The monoisotopic (exact) mass is 343 g/mol. The largest absolute Gasteiger partial charge is 0.494 e. The predicted octanol–water partition coefficient (Wildman–Crippen LogP) is 3.14. The van der Waals surface area contributed by atoms with Crippen molar-refractivity contribution in [3.8, 4) is 5.75 Å². The number of carboxylic acid groups (broad SMARTS) is 1. The zero-order valence-electron chi connectivity index (χ0n) is 14.6. The van der Waals surface area contributed by atoms with Crippen LogP contribution in [0.2, 0.25) is 0 Å². The van der Waals surface area contributed by atoms with E-state index in [0.29, 0.717) is 19.1 Å². The highest BCUT2D eigenvalue weighted by molar-refractivity contribution is 5.69. The van der Waals surface area contributed by atoms with Crippen LogP contribution < -0.4 is 9.64 Å². The Kier molecular flexibility index (Phi) is 5.58. The molecule has 0 fully saturated rings. The Balaban J connectivity index is 1.75. The maximum atomic E-state index is 10.9. The molecule has 25 heavy (non-hydrogen) atoms. The predicted molar refractivity (Wildman–Crippen MR) is 96.3 cm³/mol. The number of anilines is 1. The molecule has 1 aliphatic heterocycles. The molecule has 0 saturated heterocycles. The maximum Gasteiger partial charge on any atom is 0.305 e. The van der Waals surface area contributed by atoms with Gasteiger partial charge in [0.05, 0.1) is 19.4 Å². The van der Waals surface area contributed by atoms with Crippen LogP contribution in [0.4, 0.5) is 5.69 Å². The molecule has 0 aliphatic carbocycles. The molecule has 0 spiro atoms. The number of rotatable bonds is 9. The van der Waals surface area contributed by atoms with Gasteiger partial charge in [-0.25, -0.2) is 4.98 Å². The number of benzene rings is 1. The van der Waals surface area contributed by atoms with Gasteiger partial charge in [0.25, 0.3) is 0 Å². The first-order valence-electron chi connectivity index (χ1n) is 8.86. The number of hydrogen-bond donors (Lipinski definition) is 1. The Morgan fingerprint density at radius 1 is 1.40 bits per heavy atom. The van der Waals surface area contributed by atoms with Crippen LogP contribution in [0.3, 0.4) is 0 Å². The van der Waals surface area contributed by atoms with Crippen LogP contribution in [0.5, 0.6) is 5.75 Å². The number of aliphatic carboxylic acids is 1. The first kappa shape index (κ1) is 17.3. The molecule has 134 valence electrons. The molecule has 0 amide bonds. The minimum Gasteiger partial charge on any atom is -0.494 e. The highest BCUT2D eigenvalue weighted by Gasteiger charge is 2.29. The van der Waals surface area contributed by atoms with Gasteiger partial charge in [-0.1, -0.05) is 6.92 Å². The van der Waals surface area contributed by atoms with Crippen molar-refractivity contribution in [3.05, 3.63) is 42.5 Å². The van der Waals surface area contributed by atoms with Gasteiger partial charge >= 0.3 is 5.97 Å². The lowest BCUT2D eigenvalue weighted by Crippen LogP contribution is -2.25. The summed E-state index contributed by atoms with van der Waals surface area (Å²) in [4.78, 5) is 17.2. The van der Waals surface area contributed by atoms with Crippen molar-refractivity contribution in [3.63, 3.8) is 0 Å². The molecule has 0 saturated carbocycles. The lowest BCUT2D eigenvalue weighted by Gasteiger charge is -2.19. The summed E-state index contributed by atoms with van der Waals surface area (Å²) < 4.78 is 7.87. The van der Waals surface area contributed by atoms with Gasteiger partial charge in [-0.15, -0.1) is 0 Å². The van der Waals surface area contributed by atoms with E-state index in [0.717, 1.165) is 37.4 Å². The SMILES string of the molecule is CCCOc1ccc2c(c1)C(CCn1ccnc1)CN2CCC(=O)O. The van der Waals surface area contributed by atoms with E-state index in [1.54, 1.807) is 6.20 Å². The number of carboxylic acids is 1. The number of imidazole rings is 1. The van der Waals surface area contributed by atoms with Gasteiger partial charge < -0.3 is 19.3 Å². The number of aryl methyl sites for hydroxylation is 1. The average Bonchev–Trinajstić information content (AvgIpc) is 3.24. The molecule has 1 aliphatic rings. The van der Waals surface area contributed by atoms with Crippen molar-refractivity contribution in [1.82, 2.24) is 9.55 Å². The topological polar surface area (TPSA) is 67.6 Å². The Morgan fingerprint density at radius 2 is 2.28 bits per heavy atom. The highest BCUT2D eigenvalue weighted by Crippen LogP contribution is 2.40. The molecule has 3 rings (SSSR count). The van der Waals surface area contributed by atoms with Gasteiger partial charge in [0.15, 0.2) is 0 Å². The minimum absolute atomic E-state index is 0.155. The summed E-state index contributed by atoms with van der Waals surface area (Å²) in [5.74, 6) is 0.510. The normalized spacial score (nSPS) is 16.0. The Bertz CT molecular complexity index is 700. The van der Waals surface area contributed by atoms with E-state index in [9.17, 15) is 4.79 Å². The molecule has 0 radical (unpaired) electrons. The number of hydrogen-bond acceptors (Lipinski definition) is 4. The van der Waals surface area contributed by atoms with Crippen molar-refractivity contribution in [2.75, 3.05) is 24.6 Å². The summed E-state index contributed by atoms with van der Waals surface area (Å²) in [6, 6.07) is 6.18. The molecular formula is C19H25N3O3. The second-order valence-electron chi connectivity index (χ2n) is 6.44. The Hall–Kier alpha value is -2.50. The third kappa shape index (κ3) is 4.32. The van der Waals surface area contributed by atoms with Gasteiger partial charge in [-0.3, -0.25) is 4.79 Å². The van der Waals surface area contributed by atoms with E-state index in [4.69, 9.17) is 9.84 Å². The van der Waals surface area contributed by atoms with Crippen molar-refractivity contribution in [2.24, 2.45) is 0 Å². The van der Waals surface area contributed by atoms with Gasteiger partial charge in [0.2, 0.25) is 0 Å². The molecule has 1 aromatic heterocycles. The quantitative estimate of drug-likeness (QED) is 0.757. The third-order valence-corrected chi connectivity index (χ3v) is 4.58. The first-order chi connectivity index (χ1) is 12.2. The zero-order valence-corrected chi connectivity index (χ0v) is 14.6. The second-order valence-corrected chi connectivity index (χ2v) is 6.44. The fourth-order valence-electron chi connectivity index (χ4n) is 3.33. The number of aromatic nitrogens is 2. The summed E-state index contributed by atoms with van der Waals surface area (Å²) in [6.45, 7) is 5.10. The van der Waals surface area contributed by atoms with E-state index in [1.165, 1.54) is 5.56 Å². The van der Waals surface area contributed by atoms with Crippen LogP contribution in [0.25, 0.3) is 0 Å². The molecule has 1 atom stereocenters. The lowest BCUT2D eigenvalue weighted by atomic mass is 9.97. The van der Waals surface area contributed by atoms with Gasteiger partial charge in [-0.05, 0) is 36.6 Å². The first-order valence-corrected chi connectivity index (χ1v) is 8.86. The summed E-state index contributed by atoms with van der Waals surface area (Å²) >= 11 is 0. The Morgan fingerprint density at radius 3 is 3.00 bits per heavy atom. The van der Waals surface area contributed by atoms with Crippen molar-refractivity contribution < 1.29 is 14.6 Å². The smallest absolute Gasteiger partial charge is 0.305 e. The summed E-state index contributed by atoms with van der Waals surface area (Å²) in [5.41, 5.74) is 2.40. The van der Waals surface area contributed by atoms with E-state index in [1.807, 2.05) is 18.6 Å². The number of fused-ring (bicyclic) bond motifs is 1. The Labute approximate surface area is 148 Å². The number of nitrogens with zero attached hydrogens (tertiary/aromatic N) is 3. The van der Waals surface area contributed by atoms with Crippen molar-refractivity contribution in [1.29, 1.82) is 0 Å². The van der Waals surface area contributed by atoms with Crippen LogP contribution in [0.1, 0.15) is 37.7 Å². The number of carbonyl (C=O) groups is 1. The highest BCUT2D eigenvalue weighted by atomic mass is 16.5. The maximum absolute atomic E-state index is 10.9. The molecular weight excluding hydrogens is 318 g/mol. The molecule has 6 nitrogen and oxygen atoms in total. The molecule has 2 aromatic rings. The van der Waals surface area contributed by atoms with Crippen LogP contribution in [-0.2, 0) is 11.3 Å². The molecule has 1 aromatic carbocycles. The minimum atomic E-state index is -0.758. The molecule has 6 heteroatoms. The van der Waals surface area contributed by atoms with E-state index < -0.39 is 5.97 Å². The summed E-state index contributed by atoms with van der Waals surface area (Å²) in [7, 11) is 0. The average molecular weight is 343 g/mol. The van der Waals surface area contributed by atoms with E-state index >= 15 is 0 Å². The van der Waals surface area contributed by atoms with Crippen LogP contribution in [-0.4, -0.2) is 40.3 Å². The van der Waals surface area contributed by atoms with Gasteiger partial charge in [-0.2, -0.15) is 0 Å². The summed E-state index contributed by atoms with van der Waals surface area (Å²) in [6.07, 6.45) is 7.72. The van der Waals surface area contributed by atoms with Gasteiger partial charge in [0.1, 0.15) is 5.75 Å². The van der Waals surface area contributed by atoms with E-state index in [2.05, 4.69) is 33.5 Å². The fourth-order valence-corrected chi connectivity index (χ4v) is 3.33. The van der Waals surface area contributed by atoms with E-state index in [-0.39, 0.29) is 6.42 Å². The lowest BCUT2D eigenvalue weighted by molar-refractivity contribution is -0.136. The second kappa shape index (κ2) is 8.05. The van der Waals surface area contributed by atoms with Crippen LogP contribution >= 0.6 is 0 Å². The summed E-state index contributed by atoms with van der Waals surface area (Å²) in [5, 5.41) is 9.00. The van der Waals surface area contributed by atoms with Crippen molar-refractivity contribution >= 4 is 11.7 Å². The molecule has 1 N–H and O–H groups in total. The standard InChI is InChI=1S/C19H25N3O3/c1-2-11-25-16-3-4-18-17(12-16)15(5-8-21-10-7-20-14-21)13-22(18)9-6-19(23)24/h3-4,7,10,12,14-15H,2,5-6,8-9,11,13H2,1H3,(H,23,24). The fraction of sp³-hybridized carbons (Fsp3) is 0.474. The number of ether oxygens (including phenoxy) is 1. The molecule has 1 unspecified atom stereocenters. The zero-order chi connectivity index (χ0) is 17.6. The van der Waals surface area contributed by atoms with Crippen LogP contribution in [0.15, 0.2) is 36.9 Å². The van der Waals surface area contributed by atoms with Crippen molar-refractivity contribution in [2.45, 2.75) is 38.6 Å². The van der Waals surface area contributed by atoms with Gasteiger partial charge in [0, 0.05) is 43.6 Å². The molecule has 0 bridgehead atoms. The van der Waals surface area contributed by atoms with Crippen LogP contribution in [0, 0.1) is 0 Å². The molecule has 2 heterocycles. The third-order valence-electron chi connectivity index (χ3n) is 4.58.